The molecule has 130 valence electrons. The number of rotatable bonds is 3. The van der Waals surface area contributed by atoms with Crippen molar-refractivity contribution in [3.63, 3.8) is 0 Å². The first-order valence-corrected chi connectivity index (χ1v) is 9.75. The van der Waals surface area contributed by atoms with E-state index in [9.17, 15) is 8.42 Å². The molecule has 0 radical (unpaired) electrons. The van der Waals surface area contributed by atoms with Crippen LogP contribution in [-0.2, 0) is 9.84 Å². The molecule has 26 heavy (non-hydrogen) atoms. The molecule has 0 saturated carbocycles. The highest BCUT2D eigenvalue weighted by molar-refractivity contribution is 7.91. The molecule has 0 fully saturated rings. The number of hydrogen-bond donors (Lipinski definition) is 0. The quantitative estimate of drug-likeness (QED) is 0.546. The van der Waals surface area contributed by atoms with Crippen LogP contribution < -0.4 is 4.90 Å². The van der Waals surface area contributed by atoms with Crippen LogP contribution in [0.15, 0.2) is 82.7 Å². The van der Waals surface area contributed by atoms with Crippen LogP contribution in [0.4, 0.5) is 5.69 Å². The van der Waals surface area contributed by atoms with Crippen molar-refractivity contribution in [3.8, 4) is 0 Å². The van der Waals surface area contributed by atoms with Gasteiger partial charge in [0.05, 0.1) is 21.0 Å². The standard InChI is InChI=1S/C21H18N2O2S/c1-23(2)20-9-5-8-17-13-19(14-22-21(17)20)26(24,25)18-11-10-15-6-3-4-7-16(15)12-18/h3-14H,1-2H3. The number of aromatic nitrogens is 1. The first-order valence-electron chi connectivity index (χ1n) is 8.27. The van der Waals surface area contributed by atoms with Gasteiger partial charge in [-0.2, -0.15) is 0 Å². The van der Waals surface area contributed by atoms with Crippen molar-refractivity contribution in [2.75, 3.05) is 19.0 Å². The van der Waals surface area contributed by atoms with Gasteiger partial charge in [-0.25, -0.2) is 8.42 Å². The van der Waals surface area contributed by atoms with Crippen molar-refractivity contribution in [1.82, 2.24) is 4.98 Å². The number of para-hydroxylation sites is 1. The highest BCUT2D eigenvalue weighted by atomic mass is 32.2. The van der Waals surface area contributed by atoms with E-state index in [1.165, 1.54) is 6.20 Å². The highest BCUT2D eigenvalue weighted by Crippen LogP contribution is 2.29. The summed E-state index contributed by atoms with van der Waals surface area (Å²) in [7, 11) is 0.250. The molecule has 0 amide bonds. The van der Waals surface area contributed by atoms with Gasteiger partial charge in [0.1, 0.15) is 0 Å². The van der Waals surface area contributed by atoms with Crippen molar-refractivity contribution in [2.24, 2.45) is 0 Å². The maximum absolute atomic E-state index is 13.1. The first-order chi connectivity index (χ1) is 12.5. The Balaban J connectivity index is 1.87. The maximum atomic E-state index is 13.1. The summed E-state index contributed by atoms with van der Waals surface area (Å²) in [5.41, 5.74) is 1.74. The Morgan fingerprint density at radius 2 is 1.46 bits per heavy atom. The van der Waals surface area contributed by atoms with Crippen molar-refractivity contribution in [2.45, 2.75) is 9.79 Å². The van der Waals surface area contributed by atoms with Crippen LogP contribution in [0.3, 0.4) is 0 Å². The third kappa shape index (κ3) is 2.70. The van der Waals surface area contributed by atoms with Crippen LogP contribution in [0.1, 0.15) is 0 Å². The summed E-state index contributed by atoms with van der Waals surface area (Å²) in [6.07, 6.45) is 1.44. The zero-order valence-electron chi connectivity index (χ0n) is 14.5. The maximum Gasteiger partial charge on any atom is 0.208 e. The molecule has 0 aliphatic heterocycles. The smallest absolute Gasteiger partial charge is 0.208 e. The zero-order chi connectivity index (χ0) is 18.3. The Labute approximate surface area is 152 Å². The van der Waals surface area contributed by atoms with Crippen LogP contribution in [0.25, 0.3) is 21.7 Å². The number of hydrogen-bond acceptors (Lipinski definition) is 4. The Morgan fingerprint density at radius 1 is 0.769 bits per heavy atom. The van der Waals surface area contributed by atoms with Crippen molar-refractivity contribution in [3.05, 3.63) is 72.9 Å². The van der Waals surface area contributed by atoms with Gasteiger partial charge in [-0.1, -0.05) is 42.5 Å². The normalized spacial score (nSPS) is 11.8. The second kappa shape index (κ2) is 6.11. The number of benzene rings is 3. The average Bonchev–Trinajstić information content (AvgIpc) is 2.66. The van der Waals surface area contributed by atoms with E-state index >= 15 is 0 Å². The number of pyridine rings is 1. The fourth-order valence-corrected chi connectivity index (χ4v) is 4.38. The number of nitrogens with zero attached hydrogens (tertiary/aromatic N) is 2. The molecule has 4 aromatic rings. The third-order valence-electron chi connectivity index (χ3n) is 4.49. The molecule has 0 aliphatic carbocycles. The van der Waals surface area contributed by atoms with E-state index in [4.69, 9.17) is 0 Å². The number of fused-ring (bicyclic) bond motifs is 2. The van der Waals surface area contributed by atoms with E-state index in [0.717, 1.165) is 27.4 Å². The molecule has 0 bridgehead atoms. The number of anilines is 1. The molecule has 4 nitrogen and oxygen atoms in total. The zero-order valence-corrected chi connectivity index (χ0v) is 15.4. The van der Waals surface area contributed by atoms with Gasteiger partial charge in [0.15, 0.2) is 0 Å². The minimum atomic E-state index is -3.63. The molecule has 5 heteroatoms. The van der Waals surface area contributed by atoms with Gasteiger partial charge in [-0.15, -0.1) is 0 Å². The van der Waals surface area contributed by atoms with E-state index < -0.39 is 9.84 Å². The summed E-state index contributed by atoms with van der Waals surface area (Å²) in [5.74, 6) is 0. The predicted molar refractivity (Wildman–Crippen MR) is 105 cm³/mol. The van der Waals surface area contributed by atoms with Gasteiger partial charge in [0.2, 0.25) is 9.84 Å². The molecule has 0 unspecified atom stereocenters. The molecule has 4 rings (SSSR count). The molecular formula is C21H18N2O2S. The van der Waals surface area contributed by atoms with Crippen LogP contribution in [0.2, 0.25) is 0 Å². The minimum Gasteiger partial charge on any atom is -0.376 e. The van der Waals surface area contributed by atoms with E-state index in [-0.39, 0.29) is 9.79 Å². The van der Waals surface area contributed by atoms with Crippen LogP contribution in [0.5, 0.6) is 0 Å². The van der Waals surface area contributed by atoms with Crippen molar-refractivity contribution in [1.29, 1.82) is 0 Å². The van der Waals surface area contributed by atoms with Crippen molar-refractivity contribution >= 4 is 37.2 Å². The van der Waals surface area contributed by atoms with E-state index in [0.29, 0.717) is 0 Å². The van der Waals surface area contributed by atoms with Gasteiger partial charge < -0.3 is 4.90 Å². The Hall–Kier alpha value is -2.92. The van der Waals surface area contributed by atoms with E-state index in [2.05, 4.69) is 4.98 Å². The monoisotopic (exact) mass is 362 g/mol. The Bertz CT molecular complexity index is 1230. The minimum absolute atomic E-state index is 0.205. The van der Waals surface area contributed by atoms with Gasteiger partial charge >= 0.3 is 0 Å². The van der Waals surface area contributed by atoms with Crippen LogP contribution in [0, 0.1) is 0 Å². The second-order valence-corrected chi connectivity index (χ2v) is 8.38. The third-order valence-corrected chi connectivity index (χ3v) is 6.21. The summed E-state index contributed by atoms with van der Waals surface area (Å²) < 4.78 is 26.2. The summed E-state index contributed by atoms with van der Waals surface area (Å²) in [6, 6.07) is 20.4. The molecule has 3 aromatic carbocycles. The fourth-order valence-electron chi connectivity index (χ4n) is 3.10. The van der Waals surface area contributed by atoms with Gasteiger partial charge in [0, 0.05) is 25.7 Å². The summed E-state index contributed by atoms with van der Waals surface area (Å²) in [4.78, 5) is 6.88. The fraction of sp³-hybridized carbons (Fsp3) is 0.0952. The predicted octanol–water partition coefficient (Wildman–Crippen LogP) is 4.29. The lowest BCUT2D eigenvalue weighted by atomic mass is 10.1. The Morgan fingerprint density at radius 3 is 2.23 bits per heavy atom. The first kappa shape index (κ1) is 16.5. The van der Waals surface area contributed by atoms with Gasteiger partial charge in [0.25, 0.3) is 0 Å². The topological polar surface area (TPSA) is 50.3 Å². The molecule has 0 spiro atoms. The lowest BCUT2D eigenvalue weighted by Crippen LogP contribution is -2.10. The molecule has 1 aromatic heterocycles. The molecule has 0 saturated heterocycles. The van der Waals surface area contributed by atoms with Crippen LogP contribution in [-0.4, -0.2) is 27.5 Å². The SMILES string of the molecule is CN(C)c1cccc2cc(S(=O)(=O)c3ccc4ccccc4c3)cnc12. The largest absolute Gasteiger partial charge is 0.376 e. The molecule has 0 aliphatic rings. The molecule has 0 atom stereocenters. The lowest BCUT2D eigenvalue weighted by molar-refractivity contribution is 0.596. The number of sulfone groups is 1. The van der Waals surface area contributed by atoms with Crippen LogP contribution >= 0.6 is 0 Å². The highest BCUT2D eigenvalue weighted by Gasteiger charge is 2.19. The lowest BCUT2D eigenvalue weighted by Gasteiger charge is -2.15. The second-order valence-electron chi connectivity index (χ2n) is 6.43. The van der Waals surface area contributed by atoms with E-state index in [1.54, 1.807) is 18.2 Å². The average molecular weight is 362 g/mol. The van der Waals surface area contributed by atoms with E-state index in [1.807, 2.05) is 67.5 Å². The van der Waals surface area contributed by atoms with Gasteiger partial charge in [-0.3, -0.25) is 4.98 Å². The van der Waals surface area contributed by atoms with Gasteiger partial charge in [-0.05, 0) is 35.0 Å². The summed E-state index contributed by atoms with van der Waals surface area (Å²) >= 11 is 0. The molecule has 0 N–H and O–H groups in total. The molecular weight excluding hydrogens is 344 g/mol. The molecule has 1 heterocycles. The summed E-state index contributed by atoms with van der Waals surface area (Å²) in [5, 5.41) is 2.72. The summed E-state index contributed by atoms with van der Waals surface area (Å²) in [6.45, 7) is 0. The Kier molecular flexibility index (Phi) is 3.89. The van der Waals surface area contributed by atoms with Crippen molar-refractivity contribution < 1.29 is 8.42 Å².